The molecule has 2 aromatic rings. The van der Waals surface area contributed by atoms with E-state index in [2.05, 4.69) is 20.1 Å². The summed E-state index contributed by atoms with van der Waals surface area (Å²) in [4.78, 5) is 31.7. The number of aryl methyl sites for hydroxylation is 1. The van der Waals surface area contributed by atoms with Gasteiger partial charge in [-0.3, -0.25) is 19.8 Å². The van der Waals surface area contributed by atoms with Crippen LogP contribution in [0.1, 0.15) is 19.5 Å². The minimum absolute atomic E-state index is 0.0291. The predicted molar refractivity (Wildman–Crippen MR) is 105 cm³/mol. The molecule has 3 rings (SSSR count). The highest BCUT2D eigenvalue weighted by Gasteiger charge is 2.23. The van der Waals surface area contributed by atoms with E-state index in [4.69, 9.17) is 0 Å². The third-order valence-electron chi connectivity index (χ3n) is 4.65. The van der Waals surface area contributed by atoms with Gasteiger partial charge < -0.3 is 10.2 Å². The van der Waals surface area contributed by atoms with E-state index >= 15 is 0 Å². The van der Waals surface area contributed by atoms with Crippen molar-refractivity contribution in [3.8, 4) is 0 Å². The van der Waals surface area contributed by atoms with Gasteiger partial charge in [-0.25, -0.2) is 4.98 Å². The third-order valence-corrected chi connectivity index (χ3v) is 4.65. The van der Waals surface area contributed by atoms with Crippen molar-refractivity contribution in [3.05, 3.63) is 40.1 Å². The smallest absolute Gasteiger partial charge is 0.295 e. The molecule has 1 aromatic carbocycles. The molecular formula is C19H25N5O3. The molecular weight excluding hydrogens is 346 g/mol. The van der Waals surface area contributed by atoms with E-state index in [1.165, 1.54) is 6.07 Å². The number of carbonyl (C=O) groups is 1. The maximum Gasteiger partial charge on any atom is 0.295 e. The van der Waals surface area contributed by atoms with Gasteiger partial charge in [-0.1, -0.05) is 12.1 Å². The van der Waals surface area contributed by atoms with Gasteiger partial charge in [0.2, 0.25) is 5.91 Å². The number of carbonyl (C=O) groups excluding carboxylic acids is 1. The number of amides is 1. The first-order valence-corrected chi connectivity index (χ1v) is 9.16. The standard InChI is InChI=1S/C19H25N5O3/c1-13(2)20-18(25)12-22-7-9-23(10-8-22)17-11-14(3)21-19-15(17)5-4-6-16(19)24(26)27/h4-6,11,13H,7-10,12H2,1-3H3,(H,20,25). The number of para-hydroxylation sites is 1. The van der Waals surface area contributed by atoms with Crippen LogP contribution < -0.4 is 10.2 Å². The molecule has 0 radical (unpaired) electrons. The molecule has 0 aliphatic carbocycles. The number of hydrogen-bond acceptors (Lipinski definition) is 6. The van der Waals surface area contributed by atoms with Crippen molar-refractivity contribution in [2.24, 2.45) is 0 Å². The Labute approximate surface area is 158 Å². The van der Waals surface area contributed by atoms with E-state index in [1.54, 1.807) is 6.07 Å². The number of piperazine rings is 1. The Morgan fingerprint density at radius 1 is 1.30 bits per heavy atom. The van der Waals surface area contributed by atoms with Crippen LogP contribution in [-0.2, 0) is 4.79 Å². The van der Waals surface area contributed by atoms with Crippen LogP contribution in [-0.4, -0.2) is 59.5 Å². The van der Waals surface area contributed by atoms with Crippen LogP contribution in [0.2, 0.25) is 0 Å². The first-order chi connectivity index (χ1) is 12.8. The van der Waals surface area contributed by atoms with Crippen LogP contribution in [0, 0.1) is 17.0 Å². The fourth-order valence-corrected chi connectivity index (χ4v) is 3.47. The zero-order valence-electron chi connectivity index (χ0n) is 15.9. The predicted octanol–water partition coefficient (Wildman–Crippen LogP) is 2.10. The SMILES string of the molecule is Cc1cc(N2CCN(CC(=O)NC(C)C)CC2)c2cccc([N+](=O)[O-])c2n1. The van der Waals surface area contributed by atoms with Crippen LogP contribution in [0.25, 0.3) is 10.9 Å². The van der Waals surface area contributed by atoms with Crippen molar-refractivity contribution in [1.29, 1.82) is 0 Å². The maximum absolute atomic E-state index is 12.0. The number of anilines is 1. The zero-order valence-corrected chi connectivity index (χ0v) is 15.9. The number of pyridine rings is 1. The van der Waals surface area contributed by atoms with Gasteiger partial charge in [-0.2, -0.15) is 0 Å². The Morgan fingerprint density at radius 2 is 2.00 bits per heavy atom. The number of fused-ring (bicyclic) bond motifs is 1. The number of aromatic nitrogens is 1. The lowest BCUT2D eigenvalue weighted by molar-refractivity contribution is -0.383. The Bertz CT molecular complexity index is 860. The molecule has 0 bridgehead atoms. The van der Waals surface area contributed by atoms with Gasteiger partial charge in [0.05, 0.1) is 11.5 Å². The van der Waals surface area contributed by atoms with Crippen LogP contribution in [0.15, 0.2) is 24.3 Å². The zero-order chi connectivity index (χ0) is 19.6. The lowest BCUT2D eigenvalue weighted by atomic mass is 10.1. The summed E-state index contributed by atoms with van der Waals surface area (Å²) in [5.41, 5.74) is 2.18. The van der Waals surface area contributed by atoms with E-state index in [-0.39, 0.29) is 22.6 Å². The molecule has 27 heavy (non-hydrogen) atoms. The third kappa shape index (κ3) is 4.33. The molecule has 1 N–H and O–H groups in total. The number of benzene rings is 1. The van der Waals surface area contributed by atoms with Gasteiger partial charge in [-0.15, -0.1) is 0 Å². The van der Waals surface area contributed by atoms with Gasteiger partial charge >= 0.3 is 0 Å². The maximum atomic E-state index is 12.0. The molecule has 0 atom stereocenters. The van der Waals surface area contributed by atoms with Gasteiger partial charge in [0, 0.05) is 55.1 Å². The molecule has 0 saturated carbocycles. The van der Waals surface area contributed by atoms with Crippen LogP contribution in [0.5, 0.6) is 0 Å². The molecule has 0 spiro atoms. The second kappa shape index (κ2) is 7.87. The van der Waals surface area contributed by atoms with Gasteiger partial charge in [-0.05, 0) is 26.8 Å². The number of hydrogen-bond donors (Lipinski definition) is 1. The first-order valence-electron chi connectivity index (χ1n) is 9.16. The average molecular weight is 371 g/mol. The lowest BCUT2D eigenvalue weighted by Crippen LogP contribution is -2.50. The Hall–Kier alpha value is -2.74. The number of nitro benzene ring substituents is 1. The molecule has 0 unspecified atom stereocenters. The van der Waals surface area contributed by atoms with Crippen molar-refractivity contribution in [2.75, 3.05) is 37.6 Å². The number of rotatable bonds is 5. The largest absolute Gasteiger partial charge is 0.368 e. The van der Waals surface area contributed by atoms with Crippen LogP contribution >= 0.6 is 0 Å². The Morgan fingerprint density at radius 3 is 2.63 bits per heavy atom. The summed E-state index contributed by atoms with van der Waals surface area (Å²) >= 11 is 0. The summed E-state index contributed by atoms with van der Waals surface area (Å²) in [5.74, 6) is 0.0410. The molecule has 1 fully saturated rings. The van der Waals surface area contributed by atoms with E-state index in [1.807, 2.05) is 32.9 Å². The monoisotopic (exact) mass is 371 g/mol. The van der Waals surface area contributed by atoms with Crippen molar-refractivity contribution in [1.82, 2.24) is 15.2 Å². The molecule has 1 aromatic heterocycles. The number of non-ortho nitro benzene ring substituents is 1. The highest BCUT2D eigenvalue weighted by atomic mass is 16.6. The van der Waals surface area contributed by atoms with Crippen LogP contribution in [0.4, 0.5) is 11.4 Å². The number of nitro groups is 1. The van der Waals surface area contributed by atoms with Crippen molar-refractivity contribution < 1.29 is 9.72 Å². The van der Waals surface area contributed by atoms with E-state index in [0.717, 1.165) is 42.9 Å². The average Bonchev–Trinajstić information content (AvgIpc) is 2.60. The van der Waals surface area contributed by atoms with Crippen molar-refractivity contribution >= 4 is 28.2 Å². The first kappa shape index (κ1) is 19.0. The molecule has 1 saturated heterocycles. The summed E-state index contributed by atoms with van der Waals surface area (Å²) in [6, 6.07) is 7.19. The molecule has 1 amide bonds. The summed E-state index contributed by atoms with van der Waals surface area (Å²) in [7, 11) is 0. The minimum atomic E-state index is -0.385. The Kier molecular flexibility index (Phi) is 5.55. The Balaban J connectivity index is 1.78. The van der Waals surface area contributed by atoms with Crippen molar-refractivity contribution in [3.63, 3.8) is 0 Å². The molecule has 1 aliphatic heterocycles. The minimum Gasteiger partial charge on any atom is -0.368 e. The summed E-state index contributed by atoms with van der Waals surface area (Å²) in [5, 5.41) is 15.1. The second-order valence-electron chi connectivity index (χ2n) is 7.20. The van der Waals surface area contributed by atoms with E-state index < -0.39 is 0 Å². The normalized spacial score (nSPS) is 15.3. The number of nitrogens with zero attached hydrogens (tertiary/aromatic N) is 4. The van der Waals surface area contributed by atoms with Crippen molar-refractivity contribution in [2.45, 2.75) is 26.8 Å². The highest BCUT2D eigenvalue weighted by molar-refractivity contribution is 5.97. The van der Waals surface area contributed by atoms with E-state index in [9.17, 15) is 14.9 Å². The lowest BCUT2D eigenvalue weighted by Gasteiger charge is -2.36. The van der Waals surface area contributed by atoms with E-state index in [0.29, 0.717) is 12.1 Å². The summed E-state index contributed by atoms with van der Waals surface area (Å²) in [6.45, 7) is 9.20. The second-order valence-corrected chi connectivity index (χ2v) is 7.20. The molecule has 2 heterocycles. The highest BCUT2D eigenvalue weighted by Crippen LogP contribution is 2.32. The molecule has 1 aliphatic rings. The topological polar surface area (TPSA) is 91.6 Å². The van der Waals surface area contributed by atoms with Gasteiger partial charge in [0.15, 0.2) is 5.52 Å². The molecule has 8 heteroatoms. The summed E-state index contributed by atoms with van der Waals surface area (Å²) < 4.78 is 0. The van der Waals surface area contributed by atoms with Gasteiger partial charge in [0.1, 0.15) is 0 Å². The fourth-order valence-electron chi connectivity index (χ4n) is 3.47. The number of nitrogens with one attached hydrogen (secondary N) is 1. The molecule has 144 valence electrons. The fraction of sp³-hybridized carbons (Fsp3) is 0.474. The van der Waals surface area contributed by atoms with Gasteiger partial charge in [0.25, 0.3) is 5.69 Å². The quantitative estimate of drug-likeness (QED) is 0.639. The van der Waals surface area contributed by atoms with Crippen LogP contribution in [0.3, 0.4) is 0 Å². The summed E-state index contributed by atoms with van der Waals surface area (Å²) in [6.07, 6.45) is 0. The molecule has 8 nitrogen and oxygen atoms in total.